The van der Waals surface area contributed by atoms with E-state index in [2.05, 4.69) is 54.0 Å². The van der Waals surface area contributed by atoms with Crippen LogP contribution in [-0.4, -0.2) is 17.3 Å². The molecule has 0 radical (unpaired) electrons. The summed E-state index contributed by atoms with van der Waals surface area (Å²) in [6.45, 7) is 3.13. The molecule has 18 heavy (non-hydrogen) atoms. The summed E-state index contributed by atoms with van der Waals surface area (Å²) in [6, 6.07) is 14.8. The zero-order valence-corrected chi connectivity index (χ0v) is 13.3. The Morgan fingerprint density at radius 1 is 1.00 bits per heavy atom. The molecular weight excluding hydrogens is 328 g/mol. The van der Waals surface area contributed by atoms with Gasteiger partial charge in [0.2, 0.25) is 0 Å². The molecule has 0 aliphatic rings. The second-order valence-corrected chi connectivity index (χ2v) is 10.7. The molecule has 0 amide bonds. The van der Waals surface area contributed by atoms with Crippen molar-refractivity contribution < 1.29 is 0 Å². The van der Waals surface area contributed by atoms with E-state index in [4.69, 9.17) is 19.9 Å². The van der Waals surface area contributed by atoms with E-state index in [0.29, 0.717) is 0 Å². The van der Waals surface area contributed by atoms with Crippen LogP contribution in [0.2, 0.25) is 0 Å². The number of rotatable bonds is 2. The van der Waals surface area contributed by atoms with Crippen LogP contribution in [0, 0.1) is 0 Å². The molecule has 0 fully saturated rings. The van der Waals surface area contributed by atoms with E-state index >= 15 is 0 Å². The van der Waals surface area contributed by atoms with E-state index in [0.717, 1.165) is 10.9 Å². The normalized spacial score (nSPS) is 11.8. The molecule has 0 saturated heterocycles. The number of halogens is 2. The Morgan fingerprint density at radius 3 is 2.44 bits per heavy atom. The van der Waals surface area contributed by atoms with Crippen LogP contribution in [0.5, 0.6) is 0 Å². The molecule has 0 saturated carbocycles. The Kier molecular flexibility index (Phi) is 3.32. The van der Waals surface area contributed by atoms with Gasteiger partial charge in [-0.25, -0.2) is 0 Å². The predicted molar refractivity (Wildman–Crippen MR) is 82.2 cm³/mol. The first-order chi connectivity index (χ1) is 8.72. The molecule has 0 bridgehead atoms. The second kappa shape index (κ2) is 4.81. The minimum absolute atomic E-state index is 0.965. The number of benzene rings is 2. The van der Waals surface area contributed by atoms with Crippen molar-refractivity contribution in [2.24, 2.45) is 0 Å². The number of nitrogens with zero attached hydrogens (tertiary/aromatic N) is 1. The van der Waals surface area contributed by atoms with E-state index in [-0.39, 0.29) is 0 Å². The second-order valence-electron chi connectivity index (χ2n) is 4.20. The van der Waals surface area contributed by atoms with Crippen molar-refractivity contribution in [1.29, 1.82) is 0 Å². The van der Waals surface area contributed by atoms with Crippen LogP contribution in [0.3, 0.4) is 0 Å². The van der Waals surface area contributed by atoms with Gasteiger partial charge in [-0.05, 0) is 0 Å². The van der Waals surface area contributed by atoms with Gasteiger partial charge in [-0.3, -0.25) is 0 Å². The molecule has 0 N–H and O–H groups in total. The first-order valence-corrected chi connectivity index (χ1v) is 11.7. The third kappa shape index (κ3) is 1.86. The molecule has 1 nitrogen and oxygen atoms in total. The van der Waals surface area contributed by atoms with Gasteiger partial charge < -0.3 is 0 Å². The number of hydrogen-bond donors (Lipinski definition) is 0. The number of hydrogen-bond acceptors (Lipinski definition) is 0. The summed E-state index contributed by atoms with van der Waals surface area (Å²) in [7, 11) is 12.2. The van der Waals surface area contributed by atoms with Crippen LogP contribution in [0.15, 0.2) is 42.5 Å². The molecule has 1 heterocycles. The summed E-state index contributed by atoms with van der Waals surface area (Å²) in [6.07, 6.45) is 0. The van der Waals surface area contributed by atoms with Gasteiger partial charge >= 0.3 is 119 Å². The SMILES string of the molecule is CCn1c2ccccc2c2cc([As](Cl)Cl)ccc21. The van der Waals surface area contributed by atoms with Gasteiger partial charge in [-0.2, -0.15) is 0 Å². The fourth-order valence-corrected chi connectivity index (χ4v) is 4.45. The molecule has 0 spiro atoms. The number of aryl methyl sites for hydroxylation is 1. The summed E-state index contributed by atoms with van der Waals surface area (Å²) >= 11 is -1.85. The number of aromatic nitrogens is 1. The number of fused-ring (bicyclic) bond motifs is 3. The summed E-state index contributed by atoms with van der Waals surface area (Å²) in [5, 5.41) is 2.53. The molecule has 4 heteroatoms. The zero-order chi connectivity index (χ0) is 12.7. The Morgan fingerprint density at radius 2 is 1.72 bits per heavy atom. The molecule has 92 valence electrons. The Bertz CT molecular complexity index is 718. The van der Waals surface area contributed by atoms with Gasteiger partial charge in [0.25, 0.3) is 0 Å². The first-order valence-electron chi connectivity index (χ1n) is 5.85. The maximum absolute atomic E-state index is 6.10. The van der Waals surface area contributed by atoms with Crippen LogP contribution in [-0.2, 0) is 6.54 Å². The van der Waals surface area contributed by atoms with E-state index in [1.165, 1.54) is 21.8 Å². The summed E-state index contributed by atoms with van der Waals surface area (Å²) in [5.41, 5.74) is 2.53. The summed E-state index contributed by atoms with van der Waals surface area (Å²) < 4.78 is 3.42. The molecule has 1 aromatic heterocycles. The molecule has 0 aliphatic heterocycles. The quantitative estimate of drug-likeness (QED) is 0.622. The van der Waals surface area contributed by atoms with Crippen molar-refractivity contribution in [2.75, 3.05) is 0 Å². The number of para-hydroxylation sites is 1. The fourth-order valence-electron chi connectivity index (χ4n) is 2.49. The maximum atomic E-state index is 6.10. The summed E-state index contributed by atoms with van der Waals surface area (Å²) in [5.74, 6) is 0. The van der Waals surface area contributed by atoms with E-state index in [1.54, 1.807) is 0 Å². The van der Waals surface area contributed by atoms with Gasteiger partial charge in [0.1, 0.15) is 0 Å². The molecule has 0 aliphatic carbocycles. The predicted octanol–water partition coefficient (Wildman–Crippen LogP) is 3.99. The van der Waals surface area contributed by atoms with Gasteiger partial charge in [0.15, 0.2) is 0 Å². The van der Waals surface area contributed by atoms with Gasteiger partial charge in [-0.1, -0.05) is 0 Å². The van der Waals surface area contributed by atoms with Crippen LogP contribution >= 0.6 is 19.9 Å². The van der Waals surface area contributed by atoms with E-state index < -0.39 is 12.8 Å². The Balaban J connectivity index is 2.45. The fraction of sp³-hybridized carbons (Fsp3) is 0.143. The third-order valence-corrected chi connectivity index (χ3v) is 6.70. The third-order valence-electron chi connectivity index (χ3n) is 3.27. The van der Waals surface area contributed by atoms with Crippen LogP contribution in [0.1, 0.15) is 6.92 Å². The van der Waals surface area contributed by atoms with Crippen LogP contribution < -0.4 is 4.35 Å². The average Bonchev–Trinajstić information content (AvgIpc) is 2.71. The zero-order valence-electron chi connectivity index (χ0n) is 9.90. The first kappa shape index (κ1) is 12.4. The molecule has 0 unspecified atom stereocenters. The molecule has 3 aromatic rings. The van der Waals surface area contributed by atoms with Crippen molar-refractivity contribution in [3.05, 3.63) is 42.5 Å². The molecule has 3 rings (SSSR count). The summed E-state index contributed by atoms with van der Waals surface area (Å²) in [4.78, 5) is 0. The van der Waals surface area contributed by atoms with E-state index in [1.807, 2.05) is 0 Å². The van der Waals surface area contributed by atoms with Crippen molar-refractivity contribution in [3.8, 4) is 0 Å². The molecule has 2 aromatic carbocycles. The monoisotopic (exact) mass is 339 g/mol. The van der Waals surface area contributed by atoms with Crippen molar-refractivity contribution in [1.82, 2.24) is 4.57 Å². The van der Waals surface area contributed by atoms with Gasteiger partial charge in [0, 0.05) is 0 Å². The van der Waals surface area contributed by atoms with Gasteiger partial charge in [0.05, 0.1) is 0 Å². The van der Waals surface area contributed by atoms with Crippen LogP contribution in [0.4, 0.5) is 0 Å². The van der Waals surface area contributed by atoms with Crippen molar-refractivity contribution in [2.45, 2.75) is 13.5 Å². The topological polar surface area (TPSA) is 4.93 Å². The standard InChI is InChI=1S/C14H12AsCl2N/c1-2-18-13-6-4-3-5-11(13)12-9-10(15(16)17)7-8-14(12)18/h3-9H,2H2,1H3. The van der Waals surface area contributed by atoms with Crippen molar-refractivity contribution >= 4 is 58.8 Å². The Hall–Kier alpha value is -0.622. The van der Waals surface area contributed by atoms with Crippen molar-refractivity contribution in [3.63, 3.8) is 0 Å². The van der Waals surface area contributed by atoms with Crippen LogP contribution in [0.25, 0.3) is 21.8 Å². The molecule has 0 atom stereocenters. The van der Waals surface area contributed by atoms with E-state index in [9.17, 15) is 0 Å². The minimum atomic E-state index is -1.85. The van der Waals surface area contributed by atoms with Gasteiger partial charge in [-0.15, -0.1) is 0 Å². The Labute approximate surface area is 119 Å². The average molecular weight is 340 g/mol. The molecular formula is C14H12AsCl2N.